The fraction of sp³-hybridized carbons (Fsp3) is 0.188. The first kappa shape index (κ1) is 14.6. The number of carbonyl (C=O) groups is 1. The van der Waals surface area contributed by atoms with Gasteiger partial charge in [-0.25, -0.2) is 4.79 Å². The topological polar surface area (TPSA) is 49.3 Å². The molecule has 0 atom stereocenters. The number of nitrogens with one attached hydrogen (secondary N) is 1. The van der Waals surface area contributed by atoms with Gasteiger partial charge in [0.2, 0.25) is 0 Å². The van der Waals surface area contributed by atoms with E-state index in [-0.39, 0.29) is 5.56 Å². The van der Waals surface area contributed by atoms with E-state index in [1.165, 1.54) is 5.56 Å². The number of aromatic carboxylic acids is 1. The average Bonchev–Trinajstić information content (AvgIpc) is 2.46. The third kappa shape index (κ3) is 3.61. The van der Waals surface area contributed by atoms with Crippen LogP contribution >= 0.6 is 15.9 Å². The van der Waals surface area contributed by atoms with Crippen molar-refractivity contribution >= 4 is 27.6 Å². The van der Waals surface area contributed by atoms with E-state index in [2.05, 4.69) is 52.4 Å². The van der Waals surface area contributed by atoms with E-state index in [0.717, 1.165) is 16.5 Å². The van der Waals surface area contributed by atoms with Crippen LogP contribution in [0.15, 0.2) is 46.9 Å². The molecule has 4 heteroatoms. The number of benzene rings is 2. The summed E-state index contributed by atoms with van der Waals surface area (Å²) in [7, 11) is 0. The molecule has 3 nitrogen and oxygen atoms in total. The molecule has 0 saturated heterocycles. The van der Waals surface area contributed by atoms with Crippen LogP contribution in [0.2, 0.25) is 0 Å². The minimum atomic E-state index is -0.935. The molecule has 0 aromatic heterocycles. The summed E-state index contributed by atoms with van der Waals surface area (Å²) in [5.74, 6) is -0.935. The van der Waals surface area contributed by atoms with E-state index in [0.29, 0.717) is 12.2 Å². The van der Waals surface area contributed by atoms with Crippen molar-refractivity contribution in [3.63, 3.8) is 0 Å². The van der Waals surface area contributed by atoms with Crippen LogP contribution < -0.4 is 5.32 Å². The molecule has 104 valence electrons. The molecule has 0 amide bonds. The summed E-state index contributed by atoms with van der Waals surface area (Å²) in [5.41, 5.74) is 3.31. The van der Waals surface area contributed by atoms with Crippen molar-refractivity contribution in [3.05, 3.63) is 63.6 Å². The summed E-state index contributed by atoms with van der Waals surface area (Å²) < 4.78 is 0.757. The Morgan fingerprint density at radius 3 is 2.40 bits per heavy atom. The zero-order chi connectivity index (χ0) is 14.5. The number of carboxylic acids is 1. The number of aryl methyl sites for hydroxylation is 1. The quantitative estimate of drug-likeness (QED) is 0.856. The number of anilines is 1. The van der Waals surface area contributed by atoms with Gasteiger partial charge in [-0.1, -0.05) is 47.1 Å². The smallest absolute Gasteiger partial charge is 0.337 e. The lowest BCUT2D eigenvalue weighted by atomic mass is 10.1. The number of hydrogen-bond donors (Lipinski definition) is 2. The lowest BCUT2D eigenvalue weighted by Crippen LogP contribution is -2.06. The minimum Gasteiger partial charge on any atom is -0.478 e. The third-order valence-electron chi connectivity index (χ3n) is 3.13. The molecule has 2 rings (SSSR count). The molecule has 0 spiro atoms. The van der Waals surface area contributed by atoms with Gasteiger partial charge in [-0.2, -0.15) is 0 Å². The summed E-state index contributed by atoms with van der Waals surface area (Å²) >= 11 is 3.29. The van der Waals surface area contributed by atoms with Gasteiger partial charge in [0.1, 0.15) is 0 Å². The zero-order valence-electron chi connectivity index (χ0n) is 11.2. The van der Waals surface area contributed by atoms with Crippen molar-refractivity contribution in [2.75, 3.05) is 5.32 Å². The van der Waals surface area contributed by atoms with Crippen molar-refractivity contribution in [1.29, 1.82) is 0 Å². The second-order valence-corrected chi connectivity index (χ2v) is 5.43. The Morgan fingerprint density at radius 2 is 1.80 bits per heavy atom. The van der Waals surface area contributed by atoms with Crippen LogP contribution in [0.4, 0.5) is 5.69 Å². The molecule has 0 fully saturated rings. The molecule has 0 radical (unpaired) electrons. The normalized spacial score (nSPS) is 10.3. The average molecular weight is 334 g/mol. The Labute approximate surface area is 126 Å². The number of hydrogen-bond acceptors (Lipinski definition) is 2. The molecule has 20 heavy (non-hydrogen) atoms. The summed E-state index contributed by atoms with van der Waals surface area (Å²) in [5, 5.41) is 12.4. The lowest BCUT2D eigenvalue weighted by molar-refractivity contribution is 0.0698. The Kier molecular flexibility index (Phi) is 4.79. The van der Waals surface area contributed by atoms with E-state index in [1.807, 2.05) is 6.07 Å². The Balaban J connectivity index is 2.12. The highest BCUT2D eigenvalue weighted by atomic mass is 79.9. The van der Waals surface area contributed by atoms with Crippen molar-refractivity contribution in [3.8, 4) is 0 Å². The number of rotatable bonds is 5. The van der Waals surface area contributed by atoms with Crippen molar-refractivity contribution in [2.45, 2.75) is 19.9 Å². The molecule has 0 heterocycles. The fourth-order valence-electron chi connectivity index (χ4n) is 1.94. The first-order chi connectivity index (χ1) is 9.60. The first-order valence-corrected chi connectivity index (χ1v) is 7.24. The van der Waals surface area contributed by atoms with Crippen LogP contribution in [0.25, 0.3) is 0 Å². The summed E-state index contributed by atoms with van der Waals surface area (Å²) in [6, 6.07) is 13.5. The molecular weight excluding hydrogens is 318 g/mol. The maximum Gasteiger partial charge on any atom is 0.337 e. The van der Waals surface area contributed by atoms with Gasteiger partial charge >= 0.3 is 5.97 Å². The second kappa shape index (κ2) is 6.57. The van der Waals surface area contributed by atoms with Gasteiger partial charge in [0.25, 0.3) is 0 Å². The van der Waals surface area contributed by atoms with Gasteiger partial charge in [0.05, 0.1) is 5.56 Å². The molecule has 0 unspecified atom stereocenters. The zero-order valence-corrected chi connectivity index (χ0v) is 12.8. The molecule has 0 saturated carbocycles. The van der Waals surface area contributed by atoms with Gasteiger partial charge in [-0.15, -0.1) is 0 Å². The lowest BCUT2D eigenvalue weighted by Gasteiger charge is -2.10. The summed E-state index contributed by atoms with van der Waals surface area (Å²) in [4.78, 5) is 11.2. The number of carboxylic acid groups (broad SMARTS) is 1. The SMILES string of the molecule is CCc1ccc(CNc2ccc(Br)cc2C(=O)O)cc1. The van der Waals surface area contributed by atoms with Gasteiger partial charge in [0.15, 0.2) is 0 Å². The van der Waals surface area contributed by atoms with Crippen LogP contribution in [0.1, 0.15) is 28.4 Å². The second-order valence-electron chi connectivity index (χ2n) is 4.52. The van der Waals surface area contributed by atoms with E-state index in [1.54, 1.807) is 12.1 Å². The molecule has 2 aromatic carbocycles. The van der Waals surface area contributed by atoms with Crippen LogP contribution in [0.3, 0.4) is 0 Å². The van der Waals surface area contributed by atoms with E-state index in [9.17, 15) is 9.90 Å². The monoisotopic (exact) mass is 333 g/mol. The summed E-state index contributed by atoms with van der Waals surface area (Å²) in [6.45, 7) is 2.72. The predicted octanol–water partition coefficient (Wildman–Crippen LogP) is 4.32. The molecule has 0 aliphatic rings. The van der Waals surface area contributed by atoms with Crippen LogP contribution in [-0.4, -0.2) is 11.1 Å². The van der Waals surface area contributed by atoms with Crippen LogP contribution in [-0.2, 0) is 13.0 Å². The van der Waals surface area contributed by atoms with E-state index >= 15 is 0 Å². The molecule has 0 aliphatic carbocycles. The first-order valence-electron chi connectivity index (χ1n) is 6.44. The highest BCUT2D eigenvalue weighted by molar-refractivity contribution is 9.10. The Morgan fingerprint density at radius 1 is 1.15 bits per heavy atom. The third-order valence-corrected chi connectivity index (χ3v) is 3.62. The molecule has 2 N–H and O–H groups in total. The molecular formula is C16H16BrNO2. The van der Waals surface area contributed by atoms with Gasteiger partial charge < -0.3 is 10.4 Å². The van der Waals surface area contributed by atoms with E-state index in [4.69, 9.17) is 0 Å². The summed E-state index contributed by atoms with van der Waals surface area (Å²) in [6.07, 6.45) is 1.02. The van der Waals surface area contributed by atoms with Crippen LogP contribution in [0, 0.1) is 0 Å². The Bertz CT molecular complexity index is 608. The highest BCUT2D eigenvalue weighted by Crippen LogP contribution is 2.21. The highest BCUT2D eigenvalue weighted by Gasteiger charge is 2.10. The Hall–Kier alpha value is -1.81. The van der Waals surface area contributed by atoms with Crippen molar-refractivity contribution < 1.29 is 9.90 Å². The molecule has 0 bridgehead atoms. The molecule has 2 aromatic rings. The standard InChI is InChI=1S/C16H16BrNO2/c1-2-11-3-5-12(6-4-11)10-18-15-8-7-13(17)9-14(15)16(19)20/h3-9,18H,2,10H2,1H3,(H,19,20). The van der Waals surface area contributed by atoms with Crippen LogP contribution in [0.5, 0.6) is 0 Å². The number of halogens is 1. The van der Waals surface area contributed by atoms with E-state index < -0.39 is 5.97 Å². The molecule has 0 aliphatic heterocycles. The van der Waals surface area contributed by atoms with Gasteiger partial charge in [0, 0.05) is 16.7 Å². The maximum atomic E-state index is 11.2. The van der Waals surface area contributed by atoms with Gasteiger partial charge in [-0.05, 0) is 35.7 Å². The van der Waals surface area contributed by atoms with Gasteiger partial charge in [-0.3, -0.25) is 0 Å². The maximum absolute atomic E-state index is 11.2. The van der Waals surface area contributed by atoms with Crippen molar-refractivity contribution in [2.24, 2.45) is 0 Å². The minimum absolute atomic E-state index is 0.268. The largest absolute Gasteiger partial charge is 0.478 e. The van der Waals surface area contributed by atoms with Crippen molar-refractivity contribution in [1.82, 2.24) is 0 Å². The fourth-order valence-corrected chi connectivity index (χ4v) is 2.30. The predicted molar refractivity (Wildman–Crippen MR) is 84.2 cm³/mol.